The number of carbonyl (C=O) groups is 1. The SMILES string of the molecule is CCN(c1ccc(CN2CCNCC2)c(C)c1)C(=O)[C@H]1CC[C@H](Oc2ccc(F)cn2)CC1. The Hall–Kier alpha value is -2.51. The fourth-order valence-corrected chi connectivity index (χ4v) is 4.85. The maximum absolute atomic E-state index is 13.4. The zero-order valence-corrected chi connectivity index (χ0v) is 19.7. The van der Waals surface area contributed by atoms with Crippen LogP contribution < -0.4 is 15.0 Å². The number of hydrogen-bond acceptors (Lipinski definition) is 5. The maximum Gasteiger partial charge on any atom is 0.230 e. The van der Waals surface area contributed by atoms with Gasteiger partial charge in [-0.15, -0.1) is 0 Å². The molecule has 6 nitrogen and oxygen atoms in total. The first-order valence-corrected chi connectivity index (χ1v) is 12.2. The second-order valence-electron chi connectivity index (χ2n) is 9.13. The molecule has 0 unspecified atom stereocenters. The number of hydrogen-bond donors (Lipinski definition) is 1. The van der Waals surface area contributed by atoms with Gasteiger partial charge in [0.15, 0.2) is 0 Å². The number of nitrogens with zero attached hydrogens (tertiary/aromatic N) is 3. The van der Waals surface area contributed by atoms with Gasteiger partial charge in [-0.1, -0.05) is 6.07 Å². The van der Waals surface area contributed by atoms with Gasteiger partial charge < -0.3 is 15.0 Å². The summed E-state index contributed by atoms with van der Waals surface area (Å²) in [6.45, 7) is 10.0. The number of carbonyl (C=O) groups excluding carboxylic acids is 1. The molecule has 178 valence electrons. The Kier molecular flexibility index (Phi) is 7.93. The van der Waals surface area contributed by atoms with Crippen molar-refractivity contribution in [2.24, 2.45) is 5.92 Å². The van der Waals surface area contributed by atoms with Gasteiger partial charge in [0.2, 0.25) is 11.8 Å². The van der Waals surface area contributed by atoms with Crippen LogP contribution in [-0.2, 0) is 11.3 Å². The van der Waals surface area contributed by atoms with Crippen molar-refractivity contribution in [2.75, 3.05) is 37.6 Å². The number of halogens is 1. The van der Waals surface area contributed by atoms with E-state index >= 15 is 0 Å². The summed E-state index contributed by atoms with van der Waals surface area (Å²) >= 11 is 0. The Morgan fingerprint density at radius 1 is 1.18 bits per heavy atom. The zero-order chi connectivity index (χ0) is 23.2. The van der Waals surface area contributed by atoms with Gasteiger partial charge in [0.1, 0.15) is 11.9 Å². The molecule has 7 heteroatoms. The predicted molar refractivity (Wildman–Crippen MR) is 128 cm³/mol. The van der Waals surface area contributed by atoms with Gasteiger partial charge in [0.25, 0.3) is 0 Å². The third-order valence-electron chi connectivity index (χ3n) is 6.83. The Morgan fingerprint density at radius 2 is 1.94 bits per heavy atom. The largest absolute Gasteiger partial charge is 0.474 e. The van der Waals surface area contributed by atoms with E-state index < -0.39 is 0 Å². The van der Waals surface area contributed by atoms with Crippen LogP contribution in [0.25, 0.3) is 0 Å². The molecule has 2 aliphatic rings. The molecule has 0 atom stereocenters. The Bertz CT molecular complexity index is 922. The van der Waals surface area contributed by atoms with Crippen LogP contribution in [0.15, 0.2) is 36.5 Å². The first-order valence-electron chi connectivity index (χ1n) is 12.2. The van der Waals surface area contributed by atoms with E-state index in [0.29, 0.717) is 12.4 Å². The lowest BCUT2D eigenvalue weighted by molar-refractivity contribution is -0.123. The molecule has 4 rings (SSSR count). The van der Waals surface area contributed by atoms with Gasteiger partial charge in [0, 0.05) is 56.9 Å². The monoisotopic (exact) mass is 454 g/mol. The van der Waals surface area contributed by atoms with Crippen molar-refractivity contribution in [1.82, 2.24) is 15.2 Å². The van der Waals surface area contributed by atoms with E-state index in [2.05, 4.69) is 40.3 Å². The molecule has 1 saturated heterocycles. The van der Waals surface area contributed by atoms with Crippen LogP contribution >= 0.6 is 0 Å². The molecule has 1 aromatic heterocycles. The van der Waals surface area contributed by atoms with Crippen molar-refractivity contribution in [3.8, 4) is 5.88 Å². The molecular weight excluding hydrogens is 419 g/mol. The van der Waals surface area contributed by atoms with Crippen molar-refractivity contribution >= 4 is 11.6 Å². The summed E-state index contributed by atoms with van der Waals surface area (Å²) in [5.74, 6) is 0.276. The summed E-state index contributed by atoms with van der Waals surface area (Å²) in [5, 5.41) is 3.40. The molecule has 2 aromatic rings. The Morgan fingerprint density at radius 3 is 2.58 bits per heavy atom. The van der Waals surface area contributed by atoms with Crippen LogP contribution in [0.3, 0.4) is 0 Å². The molecule has 1 aliphatic heterocycles. The second kappa shape index (κ2) is 11.1. The highest BCUT2D eigenvalue weighted by atomic mass is 19.1. The van der Waals surface area contributed by atoms with E-state index in [1.807, 2.05) is 11.8 Å². The number of anilines is 1. The van der Waals surface area contributed by atoms with Gasteiger partial charge in [0.05, 0.1) is 6.20 Å². The van der Waals surface area contributed by atoms with E-state index in [0.717, 1.165) is 64.1 Å². The summed E-state index contributed by atoms with van der Waals surface area (Å²) in [6.07, 6.45) is 4.38. The quantitative estimate of drug-likeness (QED) is 0.687. The number of benzene rings is 1. The van der Waals surface area contributed by atoms with Crippen molar-refractivity contribution < 1.29 is 13.9 Å². The van der Waals surface area contributed by atoms with Gasteiger partial charge >= 0.3 is 0 Å². The Labute approximate surface area is 196 Å². The van der Waals surface area contributed by atoms with E-state index in [1.165, 1.54) is 23.4 Å². The molecule has 2 heterocycles. The maximum atomic E-state index is 13.4. The van der Waals surface area contributed by atoms with E-state index in [-0.39, 0.29) is 23.7 Å². The number of piperazine rings is 1. The summed E-state index contributed by atoms with van der Waals surface area (Å²) < 4.78 is 18.9. The highest BCUT2D eigenvalue weighted by molar-refractivity contribution is 5.95. The minimum Gasteiger partial charge on any atom is -0.474 e. The molecule has 1 aliphatic carbocycles. The van der Waals surface area contributed by atoms with Gasteiger partial charge in [-0.05, 0) is 68.9 Å². The van der Waals surface area contributed by atoms with Gasteiger partial charge in [-0.25, -0.2) is 9.37 Å². The first kappa shape index (κ1) is 23.6. The standard InChI is InChI=1S/C26H35FN4O2/c1-3-31(23-8-4-21(19(2)16-23)18-30-14-12-28-13-15-30)26(32)20-5-9-24(10-6-20)33-25-11-7-22(27)17-29-25/h4,7-8,11,16-17,20,24,28H,3,5-6,9-10,12-15,18H2,1-2H3/t20-,24-. The van der Waals surface area contributed by atoms with E-state index in [1.54, 1.807) is 6.07 Å². The topological polar surface area (TPSA) is 57.7 Å². The molecule has 2 fully saturated rings. The van der Waals surface area contributed by atoms with Crippen molar-refractivity contribution in [3.05, 3.63) is 53.5 Å². The number of nitrogens with one attached hydrogen (secondary N) is 1. The van der Waals surface area contributed by atoms with Crippen LogP contribution in [0.5, 0.6) is 5.88 Å². The number of amides is 1. The summed E-state index contributed by atoms with van der Waals surface area (Å²) in [5.41, 5.74) is 3.55. The molecule has 1 amide bonds. The fourth-order valence-electron chi connectivity index (χ4n) is 4.85. The molecule has 1 aromatic carbocycles. The number of ether oxygens (including phenoxy) is 1. The van der Waals surface area contributed by atoms with Crippen molar-refractivity contribution in [1.29, 1.82) is 0 Å². The fraction of sp³-hybridized carbons (Fsp3) is 0.538. The number of rotatable bonds is 7. The van der Waals surface area contributed by atoms with Crippen LogP contribution in [0.2, 0.25) is 0 Å². The van der Waals surface area contributed by atoms with Crippen LogP contribution in [0.4, 0.5) is 10.1 Å². The summed E-state index contributed by atoms with van der Waals surface area (Å²) in [6, 6.07) is 9.35. The molecule has 1 saturated carbocycles. The lowest BCUT2D eigenvalue weighted by Gasteiger charge is -2.32. The predicted octanol–water partition coefficient (Wildman–Crippen LogP) is 3.93. The van der Waals surface area contributed by atoms with Crippen LogP contribution in [0.1, 0.15) is 43.7 Å². The van der Waals surface area contributed by atoms with Gasteiger partial charge in [-0.3, -0.25) is 9.69 Å². The first-order chi connectivity index (χ1) is 16.0. The van der Waals surface area contributed by atoms with Crippen molar-refractivity contribution in [3.63, 3.8) is 0 Å². The highest BCUT2D eigenvalue weighted by Gasteiger charge is 2.30. The molecular formula is C26H35FN4O2. The smallest absolute Gasteiger partial charge is 0.230 e. The number of pyridine rings is 1. The number of aryl methyl sites for hydroxylation is 1. The number of aromatic nitrogens is 1. The highest BCUT2D eigenvalue weighted by Crippen LogP contribution is 2.30. The molecule has 0 spiro atoms. The average Bonchev–Trinajstić information content (AvgIpc) is 2.84. The second-order valence-corrected chi connectivity index (χ2v) is 9.13. The molecule has 0 radical (unpaired) electrons. The minimum absolute atomic E-state index is 0.00631. The third-order valence-corrected chi connectivity index (χ3v) is 6.83. The lowest BCUT2D eigenvalue weighted by Crippen LogP contribution is -2.43. The minimum atomic E-state index is -0.372. The summed E-state index contributed by atoms with van der Waals surface area (Å²) in [7, 11) is 0. The summed E-state index contributed by atoms with van der Waals surface area (Å²) in [4.78, 5) is 21.7. The van der Waals surface area contributed by atoms with Crippen LogP contribution in [0, 0.1) is 18.7 Å². The molecule has 0 bridgehead atoms. The zero-order valence-electron chi connectivity index (χ0n) is 19.7. The van der Waals surface area contributed by atoms with Gasteiger partial charge in [-0.2, -0.15) is 0 Å². The molecule has 33 heavy (non-hydrogen) atoms. The third kappa shape index (κ3) is 6.09. The van der Waals surface area contributed by atoms with Crippen LogP contribution in [-0.4, -0.2) is 54.6 Å². The average molecular weight is 455 g/mol. The van der Waals surface area contributed by atoms with E-state index in [4.69, 9.17) is 4.74 Å². The normalized spacial score (nSPS) is 21.5. The van der Waals surface area contributed by atoms with E-state index in [9.17, 15) is 9.18 Å². The lowest BCUT2D eigenvalue weighted by atomic mass is 9.86. The molecule has 1 N–H and O–H groups in total. The Balaban J connectivity index is 1.34. The van der Waals surface area contributed by atoms with Crippen molar-refractivity contribution in [2.45, 2.75) is 52.2 Å².